The number of halogens is 1. The van der Waals surface area contributed by atoms with E-state index in [-0.39, 0.29) is 11.5 Å². The van der Waals surface area contributed by atoms with Crippen LogP contribution in [0.2, 0.25) is 0 Å². The van der Waals surface area contributed by atoms with Crippen molar-refractivity contribution in [2.45, 2.75) is 23.0 Å². The highest BCUT2D eigenvalue weighted by molar-refractivity contribution is 7.92. The number of nitrogens with zero attached hydrogens (tertiary/aromatic N) is 1. The molecule has 0 aliphatic heterocycles. The molecule has 0 spiro atoms. The number of sulfone groups is 1. The first-order valence-electron chi connectivity index (χ1n) is 7.83. The third-order valence-corrected chi connectivity index (χ3v) is 7.05. The summed E-state index contributed by atoms with van der Waals surface area (Å²) in [5.41, 5.74) is 0.407. The summed E-state index contributed by atoms with van der Waals surface area (Å²) in [5, 5.41) is 8.81. The number of aryl methyl sites for hydroxylation is 1. The Kier molecular flexibility index (Phi) is 4.40. The average Bonchev–Trinajstić information content (AvgIpc) is 3.26. The Morgan fingerprint density at radius 3 is 2.28 bits per heavy atom. The zero-order valence-corrected chi connectivity index (χ0v) is 14.8. The number of methoxy groups -OCH3 is 1. The Labute approximate surface area is 146 Å². The lowest BCUT2D eigenvalue weighted by Crippen LogP contribution is -2.19. The van der Waals surface area contributed by atoms with Gasteiger partial charge in [-0.15, -0.1) is 0 Å². The third kappa shape index (κ3) is 2.84. The molecule has 2 aromatic rings. The van der Waals surface area contributed by atoms with E-state index >= 15 is 0 Å². The summed E-state index contributed by atoms with van der Waals surface area (Å²) in [7, 11) is -2.29. The fraction of sp³-hybridized carbons (Fsp3) is 0.316. The molecule has 0 unspecified atom stereocenters. The van der Waals surface area contributed by atoms with Gasteiger partial charge in [0.25, 0.3) is 0 Å². The molecular weight excluding hydrogens is 341 g/mol. The molecule has 0 N–H and O–H groups in total. The molecule has 1 aliphatic rings. The van der Waals surface area contributed by atoms with Gasteiger partial charge in [0.05, 0.1) is 22.8 Å². The zero-order valence-electron chi connectivity index (χ0n) is 13.9. The third-order valence-electron chi connectivity index (χ3n) is 4.76. The maximum absolute atomic E-state index is 13.2. The van der Waals surface area contributed by atoms with Crippen molar-refractivity contribution in [2.75, 3.05) is 13.7 Å². The zero-order chi connectivity index (χ0) is 18.2. The van der Waals surface area contributed by atoms with Crippen molar-refractivity contribution in [3.63, 3.8) is 0 Å². The lowest BCUT2D eigenvalue weighted by molar-refractivity contribution is 0.162. The molecule has 0 bridgehead atoms. The van der Waals surface area contributed by atoms with Gasteiger partial charge in [0.15, 0.2) is 9.84 Å². The highest BCUT2D eigenvalue weighted by Gasteiger charge is 2.72. The van der Waals surface area contributed by atoms with Gasteiger partial charge in [-0.2, -0.15) is 5.26 Å². The van der Waals surface area contributed by atoms with Gasteiger partial charge in [-0.25, -0.2) is 12.8 Å². The first-order chi connectivity index (χ1) is 11.9. The smallest absolute Gasteiger partial charge is 0.183 e. The van der Waals surface area contributed by atoms with Crippen molar-refractivity contribution < 1.29 is 17.5 Å². The predicted molar refractivity (Wildman–Crippen MR) is 91.2 cm³/mol. The van der Waals surface area contributed by atoms with Gasteiger partial charge < -0.3 is 4.74 Å². The van der Waals surface area contributed by atoms with E-state index in [1.165, 1.54) is 31.4 Å². The van der Waals surface area contributed by atoms with E-state index in [1.807, 2.05) is 6.92 Å². The van der Waals surface area contributed by atoms with Crippen molar-refractivity contribution in [1.29, 1.82) is 5.26 Å². The molecule has 4 nitrogen and oxygen atoms in total. The highest BCUT2D eigenvalue weighted by Crippen LogP contribution is 2.63. The van der Waals surface area contributed by atoms with Crippen LogP contribution in [0.3, 0.4) is 0 Å². The Bertz CT molecular complexity index is 917. The maximum atomic E-state index is 13.2. The van der Waals surface area contributed by atoms with Gasteiger partial charge in [0.2, 0.25) is 0 Å². The van der Waals surface area contributed by atoms with Crippen molar-refractivity contribution in [3.8, 4) is 6.07 Å². The number of hydrogen-bond donors (Lipinski definition) is 0. The van der Waals surface area contributed by atoms with Gasteiger partial charge in [-0.3, -0.25) is 0 Å². The number of benzene rings is 2. The van der Waals surface area contributed by atoms with Gasteiger partial charge in [-0.1, -0.05) is 29.8 Å². The second-order valence-corrected chi connectivity index (χ2v) is 8.46. The minimum atomic E-state index is -3.73. The second-order valence-electron chi connectivity index (χ2n) is 6.39. The topological polar surface area (TPSA) is 67.2 Å². The molecule has 6 heteroatoms. The van der Waals surface area contributed by atoms with Crippen LogP contribution in [0.1, 0.15) is 17.0 Å². The molecule has 0 saturated heterocycles. The van der Waals surface area contributed by atoms with Crippen LogP contribution in [0.15, 0.2) is 53.4 Å². The summed E-state index contributed by atoms with van der Waals surface area (Å²) < 4.78 is 44.6. The van der Waals surface area contributed by atoms with Crippen LogP contribution in [0.25, 0.3) is 0 Å². The molecule has 25 heavy (non-hydrogen) atoms. The van der Waals surface area contributed by atoms with E-state index in [9.17, 15) is 18.1 Å². The molecule has 1 aliphatic carbocycles. The molecule has 1 saturated carbocycles. The van der Waals surface area contributed by atoms with Crippen LogP contribution in [0.4, 0.5) is 4.39 Å². The number of nitriles is 1. The molecular formula is C19H18FNO3S. The van der Waals surface area contributed by atoms with Crippen LogP contribution >= 0.6 is 0 Å². The predicted octanol–water partition coefficient (Wildman–Crippen LogP) is 3.23. The summed E-state index contributed by atoms with van der Waals surface area (Å²) in [6.07, 6.45) is 0. The molecule has 0 amide bonds. The molecule has 0 radical (unpaired) electrons. The van der Waals surface area contributed by atoms with Crippen LogP contribution in [-0.2, 0) is 14.6 Å². The first-order valence-corrected chi connectivity index (χ1v) is 9.37. The van der Waals surface area contributed by atoms with Crippen molar-refractivity contribution in [1.82, 2.24) is 0 Å². The van der Waals surface area contributed by atoms with E-state index in [1.54, 1.807) is 24.3 Å². The van der Waals surface area contributed by atoms with Crippen LogP contribution < -0.4 is 0 Å². The molecule has 2 aromatic carbocycles. The molecule has 3 atom stereocenters. The summed E-state index contributed by atoms with van der Waals surface area (Å²) in [5.74, 6) is -0.957. The SMILES string of the molecule is COC[C@@]1(C#N)[C@@H](c2ccc(F)cc2)[C@@H]1S(=O)(=O)c1ccc(C)cc1. The molecule has 0 heterocycles. The van der Waals surface area contributed by atoms with Crippen molar-refractivity contribution in [3.05, 3.63) is 65.5 Å². The quantitative estimate of drug-likeness (QED) is 0.822. The average molecular weight is 359 g/mol. The molecule has 3 rings (SSSR count). The summed E-state index contributed by atoms with van der Waals surface area (Å²) in [6.45, 7) is 1.88. The van der Waals surface area contributed by atoms with E-state index in [0.717, 1.165) is 5.56 Å². The summed E-state index contributed by atoms with van der Waals surface area (Å²) in [6, 6.07) is 14.3. The maximum Gasteiger partial charge on any atom is 0.183 e. The monoisotopic (exact) mass is 359 g/mol. The van der Waals surface area contributed by atoms with E-state index in [2.05, 4.69) is 6.07 Å². The number of ether oxygens (including phenoxy) is 1. The molecule has 1 fully saturated rings. The van der Waals surface area contributed by atoms with Gasteiger partial charge in [0.1, 0.15) is 11.2 Å². The Morgan fingerprint density at radius 1 is 1.16 bits per heavy atom. The fourth-order valence-corrected chi connectivity index (χ4v) is 5.76. The summed E-state index contributed by atoms with van der Waals surface area (Å²) >= 11 is 0. The second kappa shape index (κ2) is 6.25. The highest BCUT2D eigenvalue weighted by atomic mass is 32.2. The van der Waals surface area contributed by atoms with E-state index in [0.29, 0.717) is 5.56 Å². The number of rotatable bonds is 5. The molecule has 0 aromatic heterocycles. The van der Waals surface area contributed by atoms with Gasteiger partial charge in [0, 0.05) is 13.0 Å². The summed E-state index contributed by atoms with van der Waals surface area (Å²) in [4.78, 5) is 0.184. The first kappa shape index (κ1) is 17.6. The van der Waals surface area contributed by atoms with Crippen molar-refractivity contribution >= 4 is 9.84 Å². The lowest BCUT2D eigenvalue weighted by Gasteiger charge is -2.08. The van der Waals surface area contributed by atoms with E-state index < -0.39 is 32.2 Å². The van der Waals surface area contributed by atoms with E-state index in [4.69, 9.17) is 4.74 Å². The molecule has 130 valence electrons. The normalized spacial score (nSPS) is 25.4. The Morgan fingerprint density at radius 2 is 1.76 bits per heavy atom. The van der Waals surface area contributed by atoms with Crippen LogP contribution in [-0.4, -0.2) is 27.4 Å². The van der Waals surface area contributed by atoms with Crippen molar-refractivity contribution in [2.24, 2.45) is 5.41 Å². The Hall–Kier alpha value is -2.23. The van der Waals surface area contributed by atoms with Crippen LogP contribution in [0.5, 0.6) is 0 Å². The fourth-order valence-electron chi connectivity index (χ4n) is 3.45. The van der Waals surface area contributed by atoms with Gasteiger partial charge >= 0.3 is 0 Å². The lowest BCUT2D eigenvalue weighted by atomic mass is 10.0. The largest absolute Gasteiger partial charge is 0.383 e. The standard InChI is InChI=1S/C19H18FNO3S/c1-13-3-9-16(10-4-13)25(22,23)18-17(19(18,11-21)12-24-2)14-5-7-15(20)8-6-14/h3-10,17-18H,12H2,1-2H3/t17-,18-,19-/m0/s1. The Balaban J connectivity index is 2.07. The van der Waals surface area contributed by atoms with Crippen LogP contribution in [0, 0.1) is 29.5 Å². The number of hydrogen-bond acceptors (Lipinski definition) is 4. The van der Waals surface area contributed by atoms with Gasteiger partial charge in [-0.05, 0) is 36.8 Å². The minimum absolute atomic E-state index is 0.00129. The minimum Gasteiger partial charge on any atom is -0.383 e.